The number of ketones is 1. The Hall–Kier alpha value is -1.43. The van der Waals surface area contributed by atoms with Gasteiger partial charge in [-0.25, -0.2) is 0 Å². The third kappa shape index (κ3) is 4.12. The van der Waals surface area contributed by atoms with Crippen LogP contribution in [0.15, 0.2) is 24.4 Å². The van der Waals surface area contributed by atoms with Crippen molar-refractivity contribution >= 4 is 42.3 Å². The van der Waals surface area contributed by atoms with Crippen LogP contribution in [-0.2, 0) is 4.43 Å². The van der Waals surface area contributed by atoms with E-state index in [9.17, 15) is 4.79 Å². The molecular formula is C22H31ClN2O2Si. The molecule has 1 aliphatic rings. The molecule has 0 saturated carbocycles. The van der Waals surface area contributed by atoms with Gasteiger partial charge in [-0.1, -0.05) is 32.4 Å². The molecule has 152 valence electrons. The number of rotatable bonds is 4. The van der Waals surface area contributed by atoms with Crippen molar-refractivity contribution in [3.8, 4) is 0 Å². The van der Waals surface area contributed by atoms with Crippen LogP contribution >= 0.6 is 11.6 Å². The molecule has 2 heterocycles. The van der Waals surface area contributed by atoms with E-state index >= 15 is 0 Å². The second-order valence-corrected chi connectivity index (χ2v) is 14.4. The van der Waals surface area contributed by atoms with E-state index in [1.165, 1.54) is 0 Å². The fraction of sp³-hybridized carbons (Fsp3) is 0.545. The van der Waals surface area contributed by atoms with Crippen LogP contribution in [0, 0.1) is 0 Å². The van der Waals surface area contributed by atoms with E-state index in [1.807, 2.05) is 12.1 Å². The van der Waals surface area contributed by atoms with E-state index in [2.05, 4.69) is 43.7 Å². The van der Waals surface area contributed by atoms with Gasteiger partial charge in [-0.3, -0.25) is 9.78 Å². The number of carbonyl (C=O) groups is 1. The van der Waals surface area contributed by atoms with Crippen molar-refractivity contribution in [2.75, 3.05) is 18.0 Å². The molecule has 0 bridgehead atoms. The number of benzene rings is 1. The molecule has 1 aromatic carbocycles. The van der Waals surface area contributed by atoms with Gasteiger partial charge >= 0.3 is 0 Å². The highest BCUT2D eigenvalue weighted by Crippen LogP contribution is 2.40. The predicted octanol–water partition coefficient (Wildman–Crippen LogP) is 6.08. The van der Waals surface area contributed by atoms with Gasteiger partial charge in [0.25, 0.3) is 0 Å². The summed E-state index contributed by atoms with van der Waals surface area (Å²) in [5.74, 6) is 0.0177. The van der Waals surface area contributed by atoms with Crippen LogP contribution in [0.1, 0.15) is 50.9 Å². The van der Waals surface area contributed by atoms with Crippen molar-refractivity contribution in [3.05, 3.63) is 35.0 Å². The highest BCUT2D eigenvalue weighted by Gasteiger charge is 2.40. The summed E-state index contributed by atoms with van der Waals surface area (Å²) in [6.07, 6.45) is 3.96. The van der Waals surface area contributed by atoms with E-state index in [4.69, 9.17) is 16.0 Å². The van der Waals surface area contributed by atoms with Gasteiger partial charge in [0.1, 0.15) is 0 Å². The molecular weight excluding hydrogens is 388 g/mol. The molecule has 3 rings (SSSR count). The van der Waals surface area contributed by atoms with Crippen molar-refractivity contribution in [3.63, 3.8) is 0 Å². The molecule has 1 aliphatic heterocycles. The Morgan fingerprint density at radius 1 is 1.29 bits per heavy atom. The van der Waals surface area contributed by atoms with Crippen LogP contribution in [0.25, 0.3) is 10.9 Å². The average Bonchev–Trinajstić information content (AvgIpc) is 2.61. The van der Waals surface area contributed by atoms with Crippen LogP contribution in [0.5, 0.6) is 0 Å². The molecule has 0 amide bonds. The fourth-order valence-corrected chi connectivity index (χ4v) is 5.25. The van der Waals surface area contributed by atoms with Crippen molar-refractivity contribution < 1.29 is 9.22 Å². The number of hydrogen-bond acceptors (Lipinski definition) is 4. The number of nitrogens with zero attached hydrogens (tertiary/aromatic N) is 2. The first kappa shape index (κ1) is 21.3. The number of aromatic nitrogens is 1. The fourth-order valence-electron chi connectivity index (χ4n) is 3.57. The average molecular weight is 419 g/mol. The molecule has 28 heavy (non-hydrogen) atoms. The van der Waals surface area contributed by atoms with Crippen molar-refractivity contribution in [1.29, 1.82) is 0 Å². The lowest BCUT2D eigenvalue weighted by atomic mass is 10.0. The maximum absolute atomic E-state index is 12.3. The minimum Gasteiger partial charge on any atom is -0.414 e. The number of hydrogen-bond donors (Lipinski definition) is 0. The normalized spacial score (nSPS) is 16.6. The van der Waals surface area contributed by atoms with Gasteiger partial charge in [-0.15, -0.1) is 0 Å². The topological polar surface area (TPSA) is 42.4 Å². The molecule has 1 fully saturated rings. The monoisotopic (exact) mass is 418 g/mol. The number of pyridine rings is 1. The Balaban J connectivity index is 1.87. The van der Waals surface area contributed by atoms with Crippen LogP contribution in [0.3, 0.4) is 0 Å². The molecule has 4 nitrogen and oxygen atoms in total. The molecule has 2 aromatic rings. The Kier molecular flexibility index (Phi) is 5.90. The van der Waals surface area contributed by atoms with Gasteiger partial charge in [-0.2, -0.15) is 0 Å². The quantitative estimate of drug-likeness (QED) is 0.445. The summed E-state index contributed by atoms with van der Waals surface area (Å²) in [6.45, 7) is 14.8. The van der Waals surface area contributed by atoms with E-state index < -0.39 is 8.32 Å². The zero-order valence-corrected chi connectivity index (χ0v) is 19.6. The van der Waals surface area contributed by atoms with E-state index in [0.717, 1.165) is 42.5 Å². The summed E-state index contributed by atoms with van der Waals surface area (Å²) in [4.78, 5) is 19.2. The lowest BCUT2D eigenvalue weighted by molar-refractivity contribution is 0.101. The predicted molar refractivity (Wildman–Crippen MR) is 120 cm³/mol. The second-order valence-electron chi connectivity index (χ2n) is 9.27. The third-order valence-corrected chi connectivity index (χ3v) is 11.1. The molecule has 0 aliphatic carbocycles. The lowest BCUT2D eigenvalue weighted by Crippen LogP contribution is -2.47. The molecule has 6 heteroatoms. The first-order valence-electron chi connectivity index (χ1n) is 10.0. The summed E-state index contributed by atoms with van der Waals surface area (Å²) >= 11 is 6.43. The maximum atomic E-state index is 12.3. The van der Waals surface area contributed by atoms with E-state index in [-0.39, 0.29) is 16.9 Å². The number of anilines is 1. The van der Waals surface area contributed by atoms with Gasteiger partial charge in [0, 0.05) is 36.3 Å². The van der Waals surface area contributed by atoms with Gasteiger partial charge in [0.2, 0.25) is 0 Å². The van der Waals surface area contributed by atoms with Gasteiger partial charge in [0.15, 0.2) is 14.1 Å². The van der Waals surface area contributed by atoms with Crippen LogP contribution < -0.4 is 4.90 Å². The lowest BCUT2D eigenvalue weighted by Gasteiger charge is -2.42. The summed E-state index contributed by atoms with van der Waals surface area (Å²) in [5, 5.41) is 1.68. The Labute approximate surface area is 174 Å². The maximum Gasteiger partial charge on any atom is 0.192 e. The summed E-state index contributed by atoms with van der Waals surface area (Å²) in [6, 6.07) is 5.64. The third-order valence-electron chi connectivity index (χ3n) is 6.22. The van der Waals surface area contributed by atoms with Gasteiger partial charge in [0.05, 0.1) is 16.2 Å². The second kappa shape index (κ2) is 7.77. The first-order chi connectivity index (χ1) is 13.0. The van der Waals surface area contributed by atoms with Crippen LogP contribution in [0.4, 0.5) is 5.69 Å². The highest BCUT2D eigenvalue weighted by molar-refractivity contribution is 6.74. The molecule has 0 atom stereocenters. The van der Waals surface area contributed by atoms with E-state index in [0.29, 0.717) is 10.6 Å². The molecule has 0 unspecified atom stereocenters. The first-order valence-corrected chi connectivity index (χ1v) is 13.3. The van der Waals surface area contributed by atoms with Crippen molar-refractivity contribution in [1.82, 2.24) is 4.98 Å². The SMILES string of the molecule is CC(=O)c1cc(Cl)c2cccnc2c1N1CCC(O[Si](C)(C)C(C)(C)C)CC1. The number of halogens is 1. The Bertz CT molecular complexity index is 884. The minimum atomic E-state index is -1.78. The molecule has 0 spiro atoms. The Morgan fingerprint density at radius 2 is 1.93 bits per heavy atom. The Morgan fingerprint density at radius 3 is 2.50 bits per heavy atom. The number of fused-ring (bicyclic) bond motifs is 1. The number of Topliss-reactive ketones (excluding diaryl/α,β-unsaturated/α-hetero) is 1. The smallest absolute Gasteiger partial charge is 0.192 e. The molecule has 1 aromatic heterocycles. The molecule has 1 saturated heterocycles. The van der Waals surface area contributed by atoms with Gasteiger partial charge in [-0.05, 0) is 56.1 Å². The molecule has 0 radical (unpaired) electrons. The van der Waals surface area contributed by atoms with Crippen molar-refractivity contribution in [2.45, 2.75) is 64.8 Å². The van der Waals surface area contributed by atoms with Crippen LogP contribution in [0.2, 0.25) is 23.2 Å². The zero-order chi connectivity index (χ0) is 20.7. The highest BCUT2D eigenvalue weighted by atomic mass is 35.5. The standard InChI is InChI=1S/C22H31ClN2O2Si/c1-15(26)18-14-19(23)17-8-7-11-24-20(17)21(18)25-12-9-16(10-13-25)27-28(5,6)22(2,3)4/h7-8,11,14,16H,9-10,12-13H2,1-6H3. The van der Waals surface area contributed by atoms with Gasteiger partial charge < -0.3 is 9.33 Å². The number of carbonyl (C=O) groups excluding carboxylic acids is 1. The summed E-state index contributed by atoms with van der Waals surface area (Å²) in [7, 11) is -1.78. The minimum absolute atomic E-state index is 0.0177. The van der Waals surface area contributed by atoms with E-state index in [1.54, 1.807) is 19.2 Å². The van der Waals surface area contributed by atoms with Crippen molar-refractivity contribution in [2.24, 2.45) is 0 Å². The number of piperidine rings is 1. The van der Waals surface area contributed by atoms with Crippen LogP contribution in [-0.4, -0.2) is 38.3 Å². The molecule has 0 N–H and O–H groups in total. The summed E-state index contributed by atoms with van der Waals surface area (Å²) < 4.78 is 6.62. The largest absolute Gasteiger partial charge is 0.414 e. The summed E-state index contributed by atoms with van der Waals surface area (Å²) in [5.41, 5.74) is 2.38. The zero-order valence-electron chi connectivity index (χ0n) is 17.8.